The molecular weight excluding hydrogens is 408 g/mol. The minimum absolute atomic E-state index is 0.0178. The lowest BCUT2D eigenvalue weighted by Gasteiger charge is -2.28. The highest BCUT2D eigenvalue weighted by Crippen LogP contribution is 2.27. The average molecular weight is 433 g/mol. The Hall–Kier alpha value is -3.38. The van der Waals surface area contributed by atoms with Crippen molar-refractivity contribution >= 4 is 27.2 Å². The summed E-state index contributed by atoms with van der Waals surface area (Å²) in [4.78, 5) is 15.0. The van der Waals surface area contributed by atoms with Crippen LogP contribution in [0.4, 0.5) is 5.69 Å². The summed E-state index contributed by atoms with van der Waals surface area (Å²) in [5.41, 5.74) is 3.09. The number of hydrogen-bond acceptors (Lipinski definition) is 3. The van der Waals surface area contributed by atoms with Crippen LogP contribution in [0, 0.1) is 0 Å². The van der Waals surface area contributed by atoms with Gasteiger partial charge in [0.05, 0.1) is 11.3 Å². The van der Waals surface area contributed by atoms with Gasteiger partial charge in [-0.2, -0.15) is 0 Å². The smallest absolute Gasteiger partial charge is 0.264 e. The van der Waals surface area contributed by atoms with E-state index in [1.165, 1.54) is 23.0 Å². The topological polar surface area (TPSA) is 57.7 Å². The third kappa shape index (κ3) is 4.25. The lowest BCUT2D eigenvalue weighted by atomic mass is 9.99. The van der Waals surface area contributed by atoms with Crippen molar-refractivity contribution in [1.29, 1.82) is 0 Å². The highest BCUT2D eigenvalue weighted by Gasteiger charge is 2.29. The molecule has 5 nitrogen and oxygen atoms in total. The summed E-state index contributed by atoms with van der Waals surface area (Å²) in [6.07, 6.45) is 2.78. The van der Waals surface area contributed by atoms with E-state index in [0.717, 1.165) is 12.0 Å². The predicted molar refractivity (Wildman–Crippen MR) is 123 cm³/mol. The number of carbonyl (C=O) groups is 1. The van der Waals surface area contributed by atoms with Gasteiger partial charge in [0.1, 0.15) is 4.90 Å². The van der Waals surface area contributed by atoms with Crippen molar-refractivity contribution in [3.05, 3.63) is 102 Å². The van der Waals surface area contributed by atoms with Gasteiger partial charge in [0.25, 0.3) is 15.9 Å². The fourth-order valence-electron chi connectivity index (χ4n) is 3.73. The third-order valence-electron chi connectivity index (χ3n) is 5.52. The maximum atomic E-state index is 13.3. The van der Waals surface area contributed by atoms with Crippen molar-refractivity contribution in [3.8, 4) is 0 Å². The van der Waals surface area contributed by atoms with Crippen LogP contribution >= 0.6 is 0 Å². The number of anilines is 1. The number of nitrogens with zero attached hydrogens (tertiary/aromatic N) is 2. The van der Waals surface area contributed by atoms with E-state index in [2.05, 4.69) is 12.1 Å². The molecule has 0 unspecified atom stereocenters. The third-order valence-corrected chi connectivity index (χ3v) is 7.36. The highest BCUT2D eigenvalue weighted by molar-refractivity contribution is 7.92. The maximum Gasteiger partial charge on any atom is 0.264 e. The molecule has 0 saturated heterocycles. The van der Waals surface area contributed by atoms with Gasteiger partial charge < -0.3 is 4.90 Å². The fraction of sp³-hybridized carbons (Fsp3) is 0.160. The molecule has 1 heterocycles. The molecule has 1 amide bonds. The van der Waals surface area contributed by atoms with Crippen LogP contribution in [0.1, 0.15) is 22.3 Å². The number of sulfonamides is 1. The number of amides is 1. The average Bonchev–Trinajstić information content (AvgIpc) is 2.84. The van der Waals surface area contributed by atoms with Crippen LogP contribution in [-0.4, -0.2) is 39.4 Å². The van der Waals surface area contributed by atoms with Gasteiger partial charge in [0.15, 0.2) is 0 Å². The van der Waals surface area contributed by atoms with E-state index in [1.54, 1.807) is 47.4 Å². The summed E-state index contributed by atoms with van der Waals surface area (Å²) in [7, 11) is -2.39. The molecular formula is C25H24N2O3S. The second-order valence-electron chi connectivity index (χ2n) is 7.40. The first kappa shape index (κ1) is 20.9. The summed E-state index contributed by atoms with van der Waals surface area (Å²) in [5.74, 6) is -0.274. The van der Waals surface area contributed by atoms with Gasteiger partial charge in [-0.25, -0.2) is 8.42 Å². The molecule has 0 aliphatic carbocycles. The molecule has 158 valence electrons. The Kier molecular flexibility index (Phi) is 5.91. The van der Waals surface area contributed by atoms with Gasteiger partial charge in [-0.1, -0.05) is 66.7 Å². The zero-order valence-electron chi connectivity index (χ0n) is 17.3. The Balaban J connectivity index is 1.60. The quantitative estimate of drug-likeness (QED) is 0.599. The number of benzene rings is 3. The molecule has 4 rings (SSSR count). The lowest BCUT2D eigenvalue weighted by Crippen LogP contribution is -2.36. The van der Waals surface area contributed by atoms with E-state index in [9.17, 15) is 13.2 Å². The Morgan fingerprint density at radius 2 is 1.48 bits per heavy atom. The van der Waals surface area contributed by atoms with E-state index in [-0.39, 0.29) is 16.4 Å². The van der Waals surface area contributed by atoms with Crippen molar-refractivity contribution in [3.63, 3.8) is 0 Å². The zero-order chi connectivity index (χ0) is 21.8. The van der Waals surface area contributed by atoms with Crippen molar-refractivity contribution in [1.82, 2.24) is 4.90 Å². The summed E-state index contributed by atoms with van der Waals surface area (Å²) >= 11 is 0. The van der Waals surface area contributed by atoms with Gasteiger partial charge in [0, 0.05) is 20.1 Å². The molecule has 0 saturated carbocycles. The van der Waals surface area contributed by atoms with Crippen LogP contribution in [0.5, 0.6) is 0 Å². The van der Waals surface area contributed by atoms with Crippen molar-refractivity contribution in [2.24, 2.45) is 0 Å². The first-order valence-electron chi connectivity index (χ1n) is 10.2. The summed E-state index contributed by atoms with van der Waals surface area (Å²) in [6, 6.07) is 25.4. The van der Waals surface area contributed by atoms with Gasteiger partial charge in [-0.15, -0.1) is 0 Å². The molecule has 0 bridgehead atoms. The Morgan fingerprint density at radius 3 is 2.13 bits per heavy atom. The van der Waals surface area contributed by atoms with Gasteiger partial charge >= 0.3 is 0 Å². The molecule has 0 fully saturated rings. The molecule has 31 heavy (non-hydrogen) atoms. The Morgan fingerprint density at radius 1 is 0.871 bits per heavy atom. The molecule has 3 aromatic carbocycles. The van der Waals surface area contributed by atoms with Gasteiger partial charge in [0.2, 0.25) is 0 Å². The summed E-state index contributed by atoms with van der Waals surface area (Å²) in [6.45, 7) is 0.994. The van der Waals surface area contributed by atoms with Crippen molar-refractivity contribution in [2.75, 3.05) is 24.4 Å². The number of hydrogen-bond donors (Lipinski definition) is 0. The molecule has 6 heteroatoms. The van der Waals surface area contributed by atoms with Gasteiger partial charge in [-0.05, 0) is 41.8 Å². The van der Waals surface area contributed by atoms with E-state index in [4.69, 9.17) is 0 Å². The molecule has 0 spiro atoms. The monoisotopic (exact) mass is 432 g/mol. The Labute approximate surface area is 183 Å². The number of para-hydroxylation sites is 1. The van der Waals surface area contributed by atoms with E-state index in [0.29, 0.717) is 18.8 Å². The fourth-order valence-corrected chi connectivity index (χ4v) is 5.11. The minimum Gasteiger partial charge on any atom is -0.335 e. The number of rotatable bonds is 5. The first-order valence-corrected chi connectivity index (χ1v) is 11.6. The first-order chi connectivity index (χ1) is 15.0. The van der Waals surface area contributed by atoms with Crippen LogP contribution in [0.25, 0.3) is 5.57 Å². The van der Waals surface area contributed by atoms with E-state index in [1.807, 2.05) is 30.3 Å². The van der Waals surface area contributed by atoms with Crippen LogP contribution in [0.3, 0.4) is 0 Å². The molecule has 1 aliphatic rings. The van der Waals surface area contributed by atoms with E-state index >= 15 is 0 Å². The largest absolute Gasteiger partial charge is 0.335 e. The zero-order valence-corrected chi connectivity index (χ0v) is 18.1. The van der Waals surface area contributed by atoms with Gasteiger partial charge in [-0.3, -0.25) is 9.10 Å². The van der Waals surface area contributed by atoms with Crippen LogP contribution in [0.2, 0.25) is 0 Å². The van der Waals surface area contributed by atoms with E-state index < -0.39 is 10.0 Å². The normalized spacial score (nSPS) is 14.1. The second kappa shape index (κ2) is 8.78. The summed E-state index contributed by atoms with van der Waals surface area (Å²) in [5, 5.41) is 0. The van der Waals surface area contributed by atoms with Crippen LogP contribution < -0.4 is 4.31 Å². The molecule has 0 N–H and O–H groups in total. The molecule has 0 atom stereocenters. The second-order valence-corrected chi connectivity index (χ2v) is 9.34. The molecule has 3 aromatic rings. The highest BCUT2D eigenvalue weighted by atomic mass is 32.2. The number of carbonyl (C=O) groups excluding carboxylic acids is 1. The van der Waals surface area contributed by atoms with Crippen LogP contribution in [-0.2, 0) is 10.0 Å². The van der Waals surface area contributed by atoms with Crippen molar-refractivity contribution in [2.45, 2.75) is 11.3 Å². The maximum absolute atomic E-state index is 13.3. The van der Waals surface area contributed by atoms with Crippen molar-refractivity contribution < 1.29 is 13.2 Å². The molecule has 1 aliphatic heterocycles. The lowest BCUT2D eigenvalue weighted by molar-refractivity contribution is 0.0769. The summed E-state index contributed by atoms with van der Waals surface area (Å²) < 4.78 is 27.9. The minimum atomic E-state index is -3.89. The molecule has 0 radical (unpaired) electrons. The predicted octanol–water partition coefficient (Wildman–Crippen LogP) is 4.44. The molecule has 0 aromatic heterocycles. The SMILES string of the molecule is CN(c1ccccc1)S(=O)(=O)c1ccccc1C(=O)N1CC=C(c2ccccc2)CC1. The Bertz CT molecular complexity index is 1210. The standard InChI is InChI=1S/C25H24N2O3S/c1-26(22-12-6-3-7-13-22)31(29,30)24-15-9-8-14-23(24)25(28)27-18-16-21(17-19-27)20-10-4-2-5-11-20/h2-16H,17-19H2,1H3. The van der Waals surface area contributed by atoms with Crippen LogP contribution in [0.15, 0.2) is 95.9 Å².